The van der Waals surface area contributed by atoms with Gasteiger partial charge in [-0.3, -0.25) is 14.5 Å². The average molecular weight is 538 g/mol. The average Bonchev–Trinajstić information content (AvgIpc) is 3.50. The molecule has 2 aromatic rings. The van der Waals surface area contributed by atoms with Crippen molar-refractivity contribution >= 4 is 41.5 Å². The third-order valence-electron chi connectivity index (χ3n) is 5.76. The maximum absolute atomic E-state index is 12.3. The summed E-state index contributed by atoms with van der Waals surface area (Å²) in [5, 5.41) is 10.7. The van der Waals surface area contributed by atoms with Gasteiger partial charge in [0, 0.05) is 58.1 Å². The van der Waals surface area contributed by atoms with E-state index < -0.39 is 0 Å². The molecule has 2 fully saturated rings. The summed E-state index contributed by atoms with van der Waals surface area (Å²) in [6, 6.07) is 7.91. The second kappa shape index (κ2) is 10.9. The van der Waals surface area contributed by atoms with Crippen molar-refractivity contribution in [1.82, 2.24) is 20.0 Å². The Labute approximate surface area is 200 Å². The number of anilines is 1. The number of aryl methyl sites for hydroxylation is 1. The van der Waals surface area contributed by atoms with Crippen LogP contribution >= 0.6 is 24.0 Å². The lowest BCUT2D eigenvalue weighted by Gasteiger charge is -2.22. The Kier molecular flexibility index (Phi) is 8.30. The predicted octanol–water partition coefficient (Wildman–Crippen LogP) is 2.72. The van der Waals surface area contributed by atoms with Gasteiger partial charge in [-0.2, -0.15) is 5.10 Å². The number of halogens is 1. The maximum Gasteiger partial charge on any atom is 0.253 e. The molecule has 2 N–H and O–H groups in total. The first kappa shape index (κ1) is 23.5. The van der Waals surface area contributed by atoms with Crippen molar-refractivity contribution in [1.29, 1.82) is 0 Å². The largest absolute Gasteiger partial charge is 0.368 e. The second-order valence-electron chi connectivity index (χ2n) is 7.97. The molecule has 0 saturated carbocycles. The van der Waals surface area contributed by atoms with Crippen molar-refractivity contribution in [2.75, 3.05) is 32.1 Å². The van der Waals surface area contributed by atoms with Gasteiger partial charge in [-0.25, -0.2) is 0 Å². The van der Waals surface area contributed by atoms with Crippen LogP contribution in [0.3, 0.4) is 0 Å². The molecule has 1 aromatic carbocycles. The first-order valence-corrected chi connectivity index (χ1v) is 10.6. The van der Waals surface area contributed by atoms with Gasteiger partial charge in [0.05, 0.1) is 6.20 Å². The van der Waals surface area contributed by atoms with Crippen molar-refractivity contribution < 1.29 is 9.53 Å². The number of hydrogen-bond donors (Lipinski definition) is 2. The van der Waals surface area contributed by atoms with E-state index in [4.69, 9.17) is 4.74 Å². The van der Waals surface area contributed by atoms with Gasteiger partial charge in [-0.1, -0.05) is 12.1 Å². The Morgan fingerprint density at radius 1 is 1.35 bits per heavy atom. The van der Waals surface area contributed by atoms with Crippen LogP contribution in [0.2, 0.25) is 0 Å². The summed E-state index contributed by atoms with van der Waals surface area (Å²) in [5.41, 5.74) is 3.16. The van der Waals surface area contributed by atoms with Crippen LogP contribution < -0.4 is 10.6 Å². The van der Waals surface area contributed by atoms with E-state index >= 15 is 0 Å². The highest BCUT2D eigenvalue weighted by Gasteiger charge is 2.27. The van der Waals surface area contributed by atoms with Crippen LogP contribution in [0.25, 0.3) is 0 Å². The molecular formula is C22H31IN6O2. The highest BCUT2D eigenvalue weighted by molar-refractivity contribution is 14.0. The van der Waals surface area contributed by atoms with Crippen molar-refractivity contribution in [3.8, 4) is 0 Å². The lowest BCUT2D eigenvalue weighted by atomic mass is 10.0. The van der Waals surface area contributed by atoms with Crippen molar-refractivity contribution in [3.63, 3.8) is 0 Å². The minimum Gasteiger partial charge on any atom is -0.368 e. The summed E-state index contributed by atoms with van der Waals surface area (Å²) in [4.78, 5) is 19.0. The normalized spacial score (nSPS) is 21.1. The standard InChI is InChI=1S/C22H30N6O2.HI/c1-23-22(28-9-8-17(15-28)18-13-25-27(2)14-18)24-12-16-5-3-6-19(11-16)26-21(29)20-7-4-10-30-20;/h3,5-6,11,13-14,17,20H,4,7-10,12,15H2,1-2H3,(H,23,24)(H,26,29);1H. The molecule has 8 nitrogen and oxygen atoms in total. The van der Waals surface area contributed by atoms with E-state index in [2.05, 4.69) is 31.8 Å². The number of carbonyl (C=O) groups is 1. The molecule has 2 aliphatic rings. The molecule has 2 saturated heterocycles. The fourth-order valence-electron chi connectivity index (χ4n) is 4.16. The zero-order chi connectivity index (χ0) is 20.9. The summed E-state index contributed by atoms with van der Waals surface area (Å²) < 4.78 is 7.32. The van der Waals surface area contributed by atoms with E-state index in [0.29, 0.717) is 19.1 Å². The van der Waals surface area contributed by atoms with Gasteiger partial charge in [0.1, 0.15) is 6.10 Å². The molecule has 1 aromatic heterocycles. The van der Waals surface area contributed by atoms with Crippen LogP contribution in [0.1, 0.15) is 36.3 Å². The van der Waals surface area contributed by atoms with Gasteiger partial charge in [-0.15, -0.1) is 24.0 Å². The number of aliphatic imine (C=N–C) groups is 1. The number of ether oxygens (including phenoxy) is 1. The molecule has 2 aliphatic heterocycles. The number of likely N-dealkylation sites (tertiary alicyclic amines) is 1. The number of aromatic nitrogens is 2. The molecule has 4 rings (SSSR count). The third-order valence-corrected chi connectivity index (χ3v) is 5.76. The van der Waals surface area contributed by atoms with Gasteiger partial charge in [0.25, 0.3) is 5.91 Å². The molecule has 31 heavy (non-hydrogen) atoms. The molecular weight excluding hydrogens is 507 g/mol. The smallest absolute Gasteiger partial charge is 0.253 e. The van der Waals surface area contributed by atoms with Crippen LogP contribution in [0.5, 0.6) is 0 Å². The number of benzene rings is 1. The molecule has 168 valence electrons. The molecule has 9 heteroatoms. The van der Waals surface area contributed by atoms with Crippen LogP contribution in [-0.2, 0) is 23.1 Å². The first-order chi connectivity index (χ1) is 14.6. The summed E-state index contributed by atoms with van der Waals surface area (Å²) in [7, 11) is 3.77. The monoisotopic (exact) mass is 538 g/mol. The van der Waals surface area contributed by atoms with E-state index in [9.17, 15) is 4.79 Å². The van der Waals surface area contributed by atoms with Crippen LogP contribution in [0.15, 0.2) is 41.7 Å². The molecule has 1 amide bonds. The van der Waals surface area contributed by atoms with E-state index in [-0.39, 0.29) is 36.0 Å². The molecule has 0 aliphatic carbocycles. The Morgan fingerprint density at radius 3 is 2.94 bits per heavy atom. The lowest BCUT2D eigenvalue weighted by molar-refractivity contribution is -0.124. The predicted molar refractivity (Wildman–Crippen MR) is 132 cm³/mol. The molecule has 2 unspecified atom stereocenters. The van der Waals surface area contributed by atoms with E-state index in [1.807, 2.05) is 49.2 Å². The topological polar surface area (TPSA) is 83.8 Å². The highest BCUT2D eigenvalue weighted by atomic mass is 127. The number of guanidine groups is 1. The maximum atomic E-state index is 12.3. The molecule has 3 heterocycles. The minimum atomic E-state index is -0.325. The molecule has 0 bridgehead atoms. The van der Waals surface area contributed by atoms with E-state index in [1.165, 1.54) is 5.56 Å². The van der Waals surface area contributed by atoms with Crippen LogP contribution in [-0.4, -0.2) is 59.4 Å². The zero-order valence-electron chi connectivity index (χ0n) is 18.1. The fraction of sp³-hybridized carbons (Fsp3) is 0.500. The van der Waals surface area contributed by atoms with Crippen molar-refractivity contribution in [3.05, 3.63) is 47.8 Å². The highest BCUT2D eigenvalue weighted by Crippen LogP contribution is 2.26. The minimum absolute atomic E-state index is 0. The van der Waals surface area contributed by atoms with Crippen LogP contribution in [0.4, 0.5) is 5.69 Å². The number of nitrogens with zero attached hydrogens (tertiary/aromatic N) is 4. The lowest BCUT2D eigenvalue weighted by Crippen LogP contribution is -2.39. The van der Waals surface area contributed by atoms with Crippen LogP contribution in [0, 0.1) is 0 Å². The Hall–Kier alpha value is -2.14. The second-order valence-corrected chi connectivity index (χ2v) is 7.97. The summed E-state index contributed by atoms with van der Waals surface area (Å²) in [6.45, 7) is 3.21. The molecule has 0 radical (unpaired) electrons. The molecule has 2 atom stereocenters. The fourth-order valence-corrected chi connectivity index (χ4v) is 4.16. The molecule has 0 spiro atoms. The SMILES string of the molecule is CN=C(NCc1cccc(NC(=O)C2CCCO2)c1)N1CCC(c2cnn(C)c2)C1.I. The first-order valence-electron chi connectivity index (χ1n) is 10.6. The van der Waals surface area contributed by atoms with Gasteiger partial charge < -0.3 is 20.3 Å². The van der Waals surface area contributed by atoms with Crippen molar-refractivity contribution in [2.24, 2.45) is 12.0 Å². The number of amides is 1. The quantitative estimate of drug-likeness (QED) is 0.348. The summed E-state index contributed by atoms with van der Waals surface area (Å²) in [6.07, 6.45) is 6.56. The van der Waals surface area contributed by atoms with E-state index in [0.717, 1.165) is 49.6 Å². The van der Waals surface area contributed by atoms with Gasteiger partial charge >= 0.3 is 0 Å². The van der Waals surface area contributed by atoms with E-state index in [1.54, 1.807) is 0 Å². The van der Waals surface area contributed by atoms with Gasteiger partial charge in [0.2, 0.25) is 0 Å². The number of rotatable bonds is 5. The number of hydrogen-bond acceptors (Lipinski definition) is 4. The van der Waals surface area contributed by atoms with Gasteiger partial charge in [0.15, 0.2) is 5.96 Å². The third kappa shape index (κ3) is 5.97. The van der Waals surface area contributed by atoms with Crippen molar-refractivity contribution in [2.45, 2.75) is 37.8 Å². The zero-order valence-corrected chi connectivity index (χ0v) is 20.4. The number of carbonyl (C=O) groups excluding carboxylic acids is 1. The summed E-state index contributed by atoms with van der Waals surface area (Å²) in [5.74, 6) is 1.32. The number of nitrogens with one attached hydrogen (secondary N) is 2. The Balaban J connectivity index is 0.00000272. The van der Waals surface area contributed by atoms with Gasteiger partial charge in [-0.05, 0) is 42.5 Å². The Morgan fingerprint density at radius 2 is 2.23 bits per heavy atom. The Bertz CT molecular complexity index is 909. The summed E-state index contributed by atoms with van der Waals surface area (Å²) >= 11 is 0.